The van der Waals surface area contributed by atoms with Crippen LogP contribution in [0.2, 0.25) is 0 Å². The monoisotopic (exact) mass is 311 g/mol. The van der Waals surface area contributed by atoms with Crippen molar-refractivity contribution in [1.82, 2.24) is 5.32 Å². The van der Waals surface area contributed by atoms with E-state index in [9.17, 15) is 4.79 Å². The SMILES string of the molecule is CC(C)CC(NC(=O)COCc1ccccc1)c1ccccc1. The van der Waals surface area contributed by atoms with E-state index in [4.69, 9.17) is 4.74 Å². The van der Waals surface area contributed by atoms with Crippen molar-refractivity contribution >= 4 is 5.91 Å². The number of rotatable bonds is 8. The number of benzene rings is 2. The molecule has 3 nitrogen and oxygen atoms in total. The van der Waals surface area contributed by atoms with Gasteiger partial charge in [0, 0.05) is 0 Å². The summed E-state index contributed by atoms with van der Waals surface area (Å²) in [5.41, 5.74) is 2.21. The molecule has 0 spiro atoms. The minimum absolute atomic E-state index is 0.0315. The van der Waals surface area contributed by atoms with Crippen LogP contribution in [0.1, 0.15) is 37.4 Å². The van der Waals surface area contributed by atoms with Crippen LogP contribution in [0.5, 0.6) is 0 Å². The summed E-state index contributed by atoms with van der Waals surface area (Å²) in [6.45, 7) is 4.85. The van der Waals surface area contributed by atoms with E-state index in [1.165, 1.54) is 0 Å². The van der Waals surface area contributed by atoms with Crippen molar-refractivity contribution < 1.29 is 9.53 Å². The molecule has 0 aromatic heterocycles. The van der Waals surface area contributed by atoms with Gasteiger partial charge in [0.25, 0.3) is 0 Å². The lowest BCUT2D eigenvalue weighted by molar-refractivity contribution is -0.127. The molecule has 1 atom stereocenters. The van der Waals surface area contributed by atoms with Gasteiger partial charge in [0.1, 0.15) is 6.61 Å². The maximum absolute atomic E-state index is 12.2. The van der Waals surface area contributed by atoms with Crippen LogP contribution in [0.25, 0.3) is 0 Å². The van der Waals surface area contributed by atoms with Gasteiger partial charge >= 0.3 is 0 Å². The molecule has 0 fully saturated rings. The molecule has 2 aromatic carbocycles. The van der Waals surface area contributed by atoms with E-state index in [-0.39, 0.29) is 18.6 Å². The summed E-state index contributed by atoms with van der Waals surface area (Å²) in [5.74, 6) is 0.432. The van der Waals surface area contributed by atoms with Crippen LogP contribution < -0.4 is 5.32 Å². The minimum atomic E-state index is -0.0737. The summed E-state index contributed by atoms with van der Waals surface area (Å²) in [4.78, 5) is 12.2. The Bertz CT molecular complexity index is 581. The molecule has 0 aliphatic carbocycles. The topological polar surface area (TPSA) is 38.3 Å². The molecule has 2 rings (SSSR count). The largest absolute Gasteiger partial charge is 0.367 e. The lowest BCUT2D eigenvalue weighted by Gasteiger charge is -2.21. The number of carbonyl (C=O) groups excluding carboxylic acids is 1. The molecule has 0 saturated heterocycles. The molecule has 1 unspecified atom stereocenters. The van der Waals surface area contributed by atoms with Crippen LogP contribution in [-0.2, 0) is 16.1 Å². The van der Waals surface area contributed by atoms with Gasteiger partial charge < -0.3 is 10.1 Å². The number of carbonyl (C=O) groups is 1. The number of hydrogen-bond donors (Lipinski definition) is 1. The van der Waals surface area contributed by atoms with E-state index < -0.39 is 0 Å². The Hall–Kier alpha value is -2.13. The van der Waals surface area contributed by atoms with Crippen LogP contribution in [0.15, 0.2) is 60.7 Å². The van der Waals surface area contributed by atoms with Crippen LogP contribution in [0, 0.1) is 5.92 Å². The third kappa shape index (κ3) is 6.25. The second kappa shape index (κ2) is 9.11. The molecule has 0 radical (unpaired) electrons. The van der Waals surface area contributed by atoms with Crippen molar-refractivity contribution in [1.29, 1.82) is 0 Å². The Labute approximate surface area is 138 Å². The Balaban J connectivity index is 1.85. The highest BCUT2D eigenvalue weighted by atomic mass is 16.5. The van der Waals surface area contributed by atoms with Crippen LogP contribution in [0.4, 0.5) is 0 Å². The molecule has 1 amide bonds. The third-order valence-corrected chi connectivity index (χ3v) is 3.59. The predicted molar refractivity (Wildman–Crippen MR) is 92.9 cm³/mol. The molecule has 0 aliphatic heterocycles. The number of nitrogens with one attached hydrogen (secondary N) is 1. The zero-order chi connectivity index (χ0) is 16.5. The van der Waals surface area contributed by atoms with E-state index in [0.29, 0.717) is 12.5 Å². The molecule has 122 valence electrons. The highest BCUT2D eigenvalue weighted by molar-refractivity contribution is 5.77. The van der Waals surface area contributed by atoms with E-state index in [0.717, 1.165) is 17.5 Å². The normalized spacial score (nSPS) is 12.1. The van der Waals surface area contributed by atoms with Gasteiger partial charge in [-0.15, -0.1) is 0 Å². The molecule has 1 N–H and O–H groups in total. The van der Waals surface area contributed by atoms with Crippen LogP contribution >= 0.6 is 0 Å². The Morgan fingerprint density at radius 3 is 2.22 bits per heavy atom. The lowest BCUT2D eigenvalue weighted by Crippen LogP contribution is -2.32. The molecule has 0 aliphatic rings. The molecule has 2 aromatic rings. The number of amides is 1. The van der Waals surface area contributed by atoms with Crippen molar-refractivity contribution in [3.63, 3.8) is 0 Å². The average Bonchev–Trinajstić information content (AvgIpc) is 2.56. The van der Waals surface area contributed by atoms with Crippen molar-refractivity contribution in [3.8, 4) is 0 Å². The van der Waals surface area contributed by atoms with Gasteiger partial charge in [-0.05, 0) is 23.5 Å². The Kier molecular flexibility index (Phi) is 6.82. The summed E-state index contributed by atoms with van der Waals surface area (Å²) in [5, 5.41) is 3.09. The summed E-state index contributed by atoms with van der Waals surface area (Å²) in [7, 11) is 0. The van der Waals surface area contributed by atoms with E-state index in [2.05, 4.69) is 31.3 Å². The van der Waals surface area contributed by atoms with Crippen molar-refractivity contribution in [2.45, 2.75) is 32.9 Å². The van der Waals surface area contributed by atoms with Crippen molar-refractivity contribution in [3.05, 3.63) is 71.8 Å². The van der Waals surface area contributed by atoms with Crippen molar-refractivity contribution in [2.75, 3.05) is 6.61 Å². The smallest absolute Gasteiger partial charge is 0.246 e. The Morgan fingerprint density at radius 2 is 1.61 bits per heavy atom. The van der Waals surface area contributed by atoms with E-state index in [1.807, 2.05) is 48.5 Å². The summed E-state index contributed by atoms with van der Waals surface area (Å²) >= 11 is 0. The van der Waals surface area contributed by atoms with Crippen LogP contribution in [0.3, 0.4) is 0 Å². The summed E-state index contributed by atoms with van der Waals surface area (Å²) in [6.07, 6.45) is 0.911. The number of ether oxygens (including phenoxy) is 1. The van der Waals surface area contributed by atoms with Gasteiger partial charge in [-0.3, -0.25) is 4.79 Å². The van der Waals surface area contributed by atoms with Gasteiger partial charge in [0.15, 0.2) is 0 Å². The summed E-state index contributed by atoms with van der Waals surface area (Å²) < 4.78 is 5.51. The first-order valence-corrected chi connectivity index (χ1v) is 8.11. The van der Waals surface area contributed by atoms with Gasteiger partial charge in [-0.2, -0.15) is 0 Å². The van der Waals surface area contributed by atoms with Crippen LogP contribution in [-0.4, -0.2) is 12.5 Å². The lowest BCUT2D eigenvalue weighted by atomic mass is 9.97. The average molecular weight is 311 g/mol. The van der Waals surface area contributed by atoms with Crippen molar-refractivity contribution in [2.24, 2.45) is 5.92 Å². The zero-order valence-corrected chi connectivity index (χ0v) is 13.9. The molecule has 0 bridgehead atoms. The fraction of sp³-hybridized carbons (Fsp3) is 0.350. The molecule has 3 heteroatoms. The zero-order valence-electron chi connectivity index (χ0n) is 13.9. The van der Waals surface area contributed by atoms with Gasteiger partial charge in [0.2, 0.25) is 5.91 Å². The van der Waals surface area contributed by atoms with Gasteiger partial charge in [-0.25, -0.2) is 0 Å². The first kappa shape index (κ1) is 17.2. The molecular formula is C20H25NO2. The minimum Gasteiger partial charge on any atom is -0.367 e. The first-order chi connectivity index (χ1) is 11.1. The van der Waals surface area contributed by atoms with Gasteiger partial charge in [-0.1, -0.05) is 74.5 Å². The maximum Gasteiger partial charge on any atom is 0.246 e. The quantitative estimate of drug-likeness (QED) is 0.797. The van der Waals surface area contributed by atoms with Gasteiger partial charge in [0.05, 0.1) is 12.6 Å². The highest BCUT2D eigenvalue weighted by Gasteiger charge is 2.15. The Morgan fingerprint density at radius 1 is 1.00 bits per heavy atom. The fourth-order valence-corrected chi connectivity index (χ4v) is 2.51. The molecule has 0 saturated carbocycles. The maximum atomic E-state index is 12.2. The first-order valence-electron chi connectivity index (χ1n) is 8.11. The molecule has 0 heterocycles. The standard InChI is InChI=1S/C20H25NO2/c1-16(2)13-19(18-11-7-4-8-12-18)21-20(22)15-23-14-17-9-5-3-6-10-17/h3-12,16,19H,13-15H2,1-2H3,(H,21,22). The molecular weight excluding hydrogens is 286 g/mol. The number of hydrogen-bond acceptors (Lipinski definition) is 2. The predicted octanol–water partition coefficient (Wildman–Crippen LogP) is 4.11. The summed E-state index contributed by atoms with van der Waals surface area (Å²) in [6, 6.07) is 20.0. The van der Waals surface area contributed by atoms with E-state index >= 15 is 0 Å². The second-order valence-electron chi connectivity index (χ2n) is 6.14. The fourth-order valence-electron chi connectivity index (χ4n) is 2.51. The molecule has 23 heavy (non-hydrogen) atoms. The highest BCUT2D eigenvalue weighted by Crippen LogP contribution is 2.20. The van der Waals surface area contributed by atoms with E-state index in [1.54, 1.807) is 0 Å². The second-order valence-corrected chi connectivity index (χ2v) is 6.14. The third-order valence-electron chi connectivity index (χ3n) is 3.59.